The summed E-state index contributed by atoms with van der Waals surface area (Å²) in [5.41, 5.74) is 3.63. The van der Waals surface area contributed by atoms with Crippen LogP contribution in [-0.2, 0) is 17.8 Å². The van der Waals surface area contributed by atoms with E-state index in [0.717, 1.165) is 41.4 Å². The van der Waals surface area contributed by atoms with Gasteiger partial charge in [-0.25, -0.2) is 4.98 Å². The van der Waals surface area contributed by atoms with Crippen LogP contribution in [0.1, 0.15) is 34.4 Å². The lowest BCUT2D eigenvalue weighted by Crippen LogP contribution is -2.42. The molecule has 2 aromatic heterocycles. The lowest BCUT2D eigenvalue weighted by atomic mass is 10.0. The number of carbonyl (C=O) groups excluding carboxylic acids is 1. The first kappa shape index (κ1) is 13.8. The van der Waals surface area contributed by atoms with Crippen LogP contribution in [0, 0.1) is 13.8 Å². The maximum absolute atomic E-state index is 12.7. The van der Waals surface area contributed by atoms with Gasteiger partial charge < -0.3 is 19.7 Å². The highest BCUT2D eigenvalue weighted by atomic mass is 16.5. The van der Waals surface area contributed by atoms with Crippen LogP contribution in [0.15, 0.2) is 10.9 Å². The fraction of sp³-hybridized carbons (Fsp3) is 0.500. The van der Waals surface area contributed by atoms with Crippen molar-refractivity contribution < 1.29 is 9.32 Å². The van der Waals surface area contributed by atoms with Crippen LogP contribution in [0.4, 0.5) is 0 Å². The van der Waals surface area contributed by atoms with Gasteiger partial charge in [0.25, 0.3) is 0 Å². The van der Waals surface area contributed by atoms with Gasteiger partial charge in [-0.2, -0.15) is 0 Å². The average molecular weight is 289 g/mol. The van der Waals surface area contributed by atoms with E-state index in [9.17, 15) is 4.79 Å². The fourth-order valence-electron chi connectivity index (χ4n) is 2.69. The Morgan fingerprint density at radius 1 is 1.52 bits per heavy atom. The van der Waals surface area contributed by atoms with E-state index in [1.807, 2.05) is 13.8 Å². The second-order valence-corrected chi connectivity index (χ2v) is 5.40. The normalized spacial score (nSPS) is 17.6. The van der Waals surface area contributed by atoms with Crippen molar-refractivity contribution in [3.05, 3.63) is 34.7 Å². The van der Waals surface area contributed by atoms with Crippen LogP contribution < -0.4 is 5.32 Å². The van der Waals surface area contributed by atoms with E-state index in [-0.39, 0.29) is 11.9 Å². The number of nitrogens with one attached hydrogen (secondary N) is 2. The number of imidazole rings is 1. The molecule has 0 aliphatic carbocycles. The number of carbonyl (C=O) groups is 1. The summed E-state index contributed by atoms with van der Waals surface area (Å²) in [6.07, 6.45) is 2.51. The molecule has 1 aliphatic heterocycles. The third kappa shape index (κ3) is 2.44. The minimum Gasteiger partial charge on any atom is -0.361 e. The Morgan fingerprint density at radius 2 is 2.33 bits per heavy atom. The molecule has 2 aromatic rings. The lowest BCUT2D eigenvalue weighted by molar-refractivity contribution is -0.133. The zero-order valence-electron chi connectivity index (χ0n) is 12.4. The highest BCUT2D eigenvalue weighted by Gasteiger charge is 2.31. The summed E-state index contributed by atoms with van der Waals surface area (Å²) < 4.78 is 5.14. The summed E-state index contributed by atoms with van der Waals surface area (Å²) >= 11 is 0. The molecular formula is C14H19N5O2. The molecule has 0 saturated heterocycles. The van der Waals surface area contributed by atoms with E-state index in [4.69, 9.17) is 4.52 Å². The van der Waals surface area contributed by atoms with Gasteiger partial charge in [-0.1, -0.05) is 5.16 Å². The molecule has 0 fully saturated rings. The Morgan fingerprint density at radius 3 is 3.05 bits per heavy atom. The first-order chi connectivity index (χ1) is 10.1. The van der Waals surface area contributed by atoms with Crippen molar-refractivity contribution in [2.75, 3.05) is 13.6 Å². The summed E-state index contributed by atoms with van der Waals surface area (Å²) in [7, 11) is 1.79. The second kappa shape index (κ2) is 5.33. The zero-order valence-corrected chi connectivity index (χ0v) is 12.4. The van der Waals surface area contributed by atoms with E-state index in [1.165, 1.54) is 0 Å². The van der Waals surface area contributed by atoms with Crippen molar-refractivity contribution in [1.29, 1.82) is 0 Å². The molecule has 112 valence electrons. The van der Waals surface area contributed by atoms with Crippen LogP contribution >= 0.6 is 0 Å². The number of hydrogen-bond acceptors (Lipinski definition) is 5. The number of amides is 1. The maximum Gasteiger partial charge on any atom is 0.246 e. The molecule has 0 bridgehead atoms. The van der Waals surface area contributed by atoms with Crippen molar-refractivity contribution in [2.45, 2.75) is 32.9 Å². The number of aryl methyl sites for hydroxylation is 2. The molecule has 0 saturated carbocycles. The molecule has 3 heterocycles. The number of nitrogens with zero attached hydrogens (tertiary/aromatic N) is 3. The summed E-state index contributed by atoms with van der Waals surface area (Å²) in [5, 5.41) is 7.16. The molecule has 0 radical (unpaired) electrons. The summed E-state index contributed by atoms with van der Waals surface area (Å²) in [6, 6.07) is -0.384. The number of rotatable bonds is 3. The molecule has 1 aliphatic rings. The SMILES string of the molecule is Cc1noc(C)c1CN(C)C(=O)C1NCCc2[nH]cnc21. The molecular weight excluding hydrogens is 270 g/mol. The van der Waals surface area contributed by atoms with Crippen molar-refractivity contribution in [3.8, 4) is 0 Å². The largest absolute Gasteiger partial charge is 0.361 e. The highest BCUT2D eigenvalue weighted by Crippen LogP contribution is 2.22. The standard InChI is InChI=1S/C14H19N5O2/c1-8-10(9(2)21-18-8)6-19(3)14(20)13-12-11(4-5-15-13)16-7-17-12/h7,13,15H,4-6H2,1-3H3,(H,16,17). The molecule has 21 heavy (non-hydrogen) atoms. The summed E-state index contributed by atoms with van der Waals surface area (Å²) in [4.78, 5) is 21.7. The molecule has 1 atom stereocenters. The predicted molar refractivity (Wildman–Crippen MR) is 75.5 cm³/mol. The number of hydrogen-bond donors (Lipinski definition) is 2. The number of H-pyrrole nitrogens is 1. The average Bonchev–Trinajstić information content (AvgIpc) is 3.07. The number of aromatic amines is 1. The van der Waals surface area contributed by atoms with Gasteiger partial charge in [-0.3, -0.25) is 4.79 Å². The number of aromatic nitrogens is 3. The van der Waals surface area contributed by atoms with Crippen molar-refractivity contribution >= 4 is 5.91 Å². The Bertz CT molecular complexity index is 641. The van der Waals surface area contributed by atoms with Crippen LogP contribution in [0.5, 0.6) is 0 Å². The third-order valence-electron chi connectivity index (χ3n) is 3.95. The van der Waals surface area contributed by atoms with Crippen molar-refractivity contribution in [1.82, 2.24) is 25.3 Å². The van der Waals surface area contributed by atoms with E-state index >= 15 is 0 Å². The molecule has 0 aromatic carbocycles. The quantitative estimate of drug-likeness (QED) is 0.875. The predicted octanol–water partition coefficient (Wildman–Crippen LogP) is 0.860. The van der Waals surface area contributed by atoms with E-state index in [1.54, 1.807) is 18.3 Å². The topological polar surface area (TPSA) is 87.0 Å². The van der Waals surface area contributed by atoms with Crippen LogP contribution in [0.25, 0.3) is 0 Å². The molecule has 3 rings (SSSR count). The second-order valence-electron chi connectivity index (χ2n) is 5.40. The highest BCUT2D eigenvalue weighted by molar-refractivity contribution is 5.83. The molecule has 0 spiro atoms. The van der Waals surface area contributed by atoms with Gasteiger partial charge >= 0.3 is 0 Å². The van der Waals surface area contributed by atoms with Gasteiger partial charge in [0.1, 0.15) is 11.8 Å². The van der Waals surface area contributed by atoms with Crippen molar-refractivity contribution in [3.63, 3.8) is 0 Å². The third-order valence-corrected chi connectivity index (χ3v) is 3.95. The minimum absolute atomic E-state index is 0.00282. The lowest BCUT2D eigenvalue weighted by Gasteiger charge is -2.27. The molecule has 1 amide bonds. The van der Waals surface area contributed by atoms with Crippen LogP contribution in [-0.4, -0.2) is 39.5 Å². The number of fused-ring (bicyclic) bond motifs is 1. The molecule has 1 unspecified atom stereocenters. The van der Waals surface area contributed by atoms with Gasteiger partial charge in [0.2, 0.25) is 5.91 Å². The fourth-order valence-corrected chi connectivity index (χ4v) is 2.69. The van der Waals surface area contributed by atoms with Gasteiger partial charge in [0.15, 0.2) is 0 Å². The minimum atomic E-state index is -0.384. The Labute approximate surface area is 122 Å². The summed E-state index contributed by atoms with van der Waals surface area (Å²) in [5.74, 6) is 0.757. The smallest absolute Gasteiger partial charge is 0.246 e. The van der Waals surface area contributed by atoms with Gasteiger partial charge in [0.05, 0.1) is 24.3 Å². The van der Waals surface area contributed by atoms with Crippen LogP contribution in [0.3, 0.4) is 0 Å². The molecule has 7 heteroatoms. The first-order valence-electron chi connectivity index (χ1n) is 7.00. The Hall–Kier alpha value is -2.15. The van der Waals surface area contributed by atoms with E-state index < -0.39 is 0 Å². The van der Waals surface area contributed by atoms with Crippen LogP contribution in [0.2, 0.25) is 0 Å². The molecule has 7 nitrogen and oxygen atoms in total. The Balaban J connectivity index is 1.77. The molecule has 2 N–H and O–H groups in total. The summed E-state index contributed by atoms with van der Waals surface area (Å²) in [6.45, 7) is 5.00. The maximum atomic E-state index is 12.7. The number of likely N-dealkylation sites (N-methyl/N-ethyl adjacent to an activating group) is 1. The Kier molecular flexibility index (Phi) is 3.50. The van der Waals surface area contributed by atoms with E-state index in [0.29, 0.717) is 6.54 Å². The van der Waals surface area contributed by atoms with Crippen molar-refractivity contribution in [2.24, 2.45) is 0 Å². The zero-order chi connectivity index (χ0) is 15.0. The first-order valence-corrected chi connectivity index (χ1v) is 7.00. The van der Waals surface area contributed by atoms with Gasteiger partial charge in [-0.15, -0.1) is 0 Å². The van der Waals surface area contributed by atoms with E-state index in [2.05, 4.69) is 20.4 Å². The van der Waals surface area contributed by atoms with Gasteiger partial charge in [0, 0.05) is 31.3 Å². The monoisotopic (exact) mass is 289 g/mol. The van der Waals surface area contributed by atoms with Gasteiger partial charge in [-0.05, 0) is 13.8 Å².